The lowest BCUT2D eigenvalue weighted by atomic mass is 10.0. The highest BCUT2D eigenvalue weighted by atomic mass is 16.2. The first-order chi connectivity index (χ1) is 9.19. The Morgan fingerprint density at radius 3 is 2.63 bits per heavy atom. The molecule has 1 aromatic rings. The zero-order valence-electron chi connectivity index (χ0n) is 11.2. The van der Waals surface area contributed by atoms with Crippen LogP contribution in [0.2, 0.25) is 0 Å². The van der Waals surface area contributed by atoms with Crippen molar-refractivity contribution >= 4 is 11.8 Å². The summed E-state index contributed by atoms with van der Waals surface area (Å²) in [4.78, 5) is 23.2. The number of amides is 2. The van der Waals surface area contributed by atoms with E-state index in [2.05, 4.69) is 10.6 Å². The molecule has 0 aliphatic rings. The molecule has 5 heteroatoms. The quantitative estimate of drug-likeness (QED) is 0.667. The fourth-order valence-electron chi connectivity index (χ4n) is 1.79. The van der Waals surface area contributed by atoms with Crippen molar-refractivity contribution in [3.63, 3.8) is 0 Å². The largest absolute Gasteiger partial charge is 0.356 e. The second-order valence-electron chi connectivity index (χ2n) is 4.16. The van der Waals surface area contributed by atoms with Crippen LogP contribution < -0.4 is 16.4 Å². The van der Waals surface area contributed by atoms with Crippen molar-refractivity contribution < 1.29 is 9.59 Å². The van der Waals surface area contributed by atoms with E-state index in [-0.39, 0.29) is 11.8 Å². The normalized spacial score (nSPS) is 10.0. The fraction of sp³-hybridized carbons (Fsp3) is 0.429. The molecule has 0 aliphatic heterocycles. The van der Waals surface area contributed by atoms with Gasteiger partial charge in [0.25, 0.3) is 5.91 Å². The van der Waals surface area contributed by atoms with Gasteiger partial charge in [-0.25, -0.2) is 0 Å². The van der Waals surface area contributed by atoms with E-state index in [1.807, 2.05) is 25.1 Å². The second kappa shape index (κ2) is 8.26. The molecule has 2 amide bonds. The summed E-state index contributed by atoms with van der Waals surface area (Å²) in [5, 5.41) is 5.43. The van der Waals surface area contributed by atoms with E-state index in [0.717, 1.165) is 5.56 Å². The summed E-state index contributed by atoms with van der Waals surface area (Å²) < 4.78 is 0. The van der Waals surface area contributed by atoms with Gasteiger partial charge in [0.15, 0.2) is 0 Å². The van der Waals surface area contributed by atoms with Crippen molar-refractivity contribution in [3.8, 4) is 0 Å². The van der Waals surface area contributed by atoms with Gasteiger partial charge in [0, 0.05) is 25.1 Å². The third-order valence-electron chi connectivity index (χ3n) is 2.69. The van der Waals surface area contributed by atoms with Crippen LogP contribution >= 0.6 is 0 Å². The van der Waals surface area contributed by atoms with Crippen LogP contribution in [0.15, 0.2) is 24.3 Å². The maximum Gasteiger partial charge on any atom is 0.251 e. The summed E-state index contributed by atoms with van der Waals surface area (Å²) in [6.45, 7) is 3.30. The van der Waals surface area contributed by atoms with Crippen LogP contribution in [0.4, 0.5) is 0 Å². The Hall–Kier alpha value is -1.88. The molecule has 0 fully saturated rings. The number of benzene rings is 1. The molecule has 0 saturated carbocycles. The molecule has 0 aromatic heterocycles. The Balaban J connectivity index is 2.51. The van der Waals surface area contributed by atoms with Gasteiger partial charge in [-0.1, -0.05) is 18.2 Å². The first-order valence-electron chi connectivity index (χ1n) is 6.52. The third kappa shape index (κ3) is 5.09. The molecule has 0 saturated heterocycles. The molecule has 0 unspecified atom stereocenters. The van der Waals surface area contributed by atoms with Crippen LogP contribution in [0.3, 0.4) is 0 Å². The second-order valence-corrected chi connectivity index (χ2v) is 4.16. The molecule has 0 radical (unpaired) electrons. The standard InChI is InChI=1S/C14H21N3O2/c1-2-16-13(18)8-10-17-14(19)12-6-4-3-5-11(12)7-9-15/h3-6H,2,7-10,15H2,1H3,(H,16,18)(H,17,19). The number of hydrogen-bond acceptors (Lipinski definition) is 3. The highest BCUT2D eigenvalue weighted by Gasteiger charge is 2.10. The SMILES string of the molecule is CCNC(=O)CCNC(=O)c1ccccc1CCN. The van der Waals surface area contributed by atoms with Crippen molar-refractivity contribution in [3.05, 3.63) is 35.4 Å². The Bertz CT molecular complexity index is 432. The van der Waals surface area contributed by atoms with Crippen LogP contribution in [0.25, 0.3) is 0 Å². The monoisotopic (exact) mass is 263 g/mol. The van der Waals surface area contributed by atoms with Gasteiger partial charge in [0.05, 0.1) is 0 Å². The van der Waals surface area contributed by atoms with E-state index >= 15 is 0 Å². The van der Waals surface area contributed by atoms with Gasteiger partial charge in [-0.2, -0.15) is 0 Å². The van der Waals surface area contributed by atoms with Crippen molar-refractivity contribution in [1.82, 2.24) is 10.6 Å². The molecular formula is C14H21N3O2. The van der Waals surface area contributed by atoms with Crippen molar-refractivity contribution in [2.24, 2.45) is 5.73 Å². The van der Waals surface area contributed by atoms with E-state index in [9.17, 15) is 9.59 Å². The molecule has 0 atom stereocenters. The average molecular weight is 263 g/mol. The first kappa shape index (κ1) is 15.2. The molecule has 1 rings (SSSR count). The predicted molar refractivity (Wildman–Crippen MR) is 74.8 cm³/mol. The van der Waals surface area contributed by atoms with Gasteiger partial charge < -0.3 is 16.4 Å². The number of rotatable bonds is 7. The van der Waals surface area contributed by atoms with Crippen molar-refractivity contribution in [2.45, 2.75) is 19.8 Å². The van der Waals surface area contributed by atoms with Gasteiger partial charge in [-0.05, 0) is 31.5 Å². The summed E-state index contributed by atoms with van der Waals surface area (Å²) in [7, 11) is 0. The molecule has 5 nitrogen and oxygen atoms in total. The van der Waals surface area contributed by atoms with Crippen molar-refractivity contribution in [2.75, 3.05) is 19.6 Å². The number of nitrogens with one attached hydrogen (secondary N) is 2. The van der Waals surface area contributed by atoms with Gasteiger partial charge in [-0.15, -0.1) is 0 Å². The van der Waals surface area contributed by atoms with Crippen LogP contribution in [-0.4, -0.2) is 31.4 Å². The molecule has 104 valence electrons. The Kier molecular flexibility index (Phi) is 6.60. The molecule has 19 heavy (non-hydrogen) atoms. The summed E-state index contributed by atoms with van der Waals surface area (Å²) in [5.74, 6) is -0.216. The summed E-state index contributed by atoms with van der Waals surface area (Å²) in [6.07, 6.45) is 0.957. The smallest absolute Gasteiger partial charge is 0.251 e. The lowest BCUT2D eigenvalue weighted by Crippen LogP contribution is -2.31. The summed E-state index contributed by atoms with van der Waals surface area (Å²) in [6, 6.07) is 7.37. The molecule has 0 heterocycles. The van der Waals surface area contributed by atoms with Gasteiger partial charge >= 0.3 is 0 Å². The Morgan fingerprint density at radius 2 is 1.95 bits per heavy atom. The van der Waals surface area contributed by atoms with Crippen LogP contribution in [0, 0.1) is 0 Å². The number of nitrogens with two attached hydrogens (primary N) is 1. The predicted octanol–water partition coefficient (Wildman–Crippen LogP) is 0.444. The minimum atomic E-state index is -0.159. The van der Waals surface area contributed by atoms with E-state index in [4.69, 9.17) is 5.73 Å². The highest BCUT2D eigenvalue weighted by molar-refractivity contribution is 5.95. The molecule has 0 bridgehead atoms. The van der Waals surface area contributed by atoms with Crippen LogP contribution in [0.1, 0.15) is 29.3 Å². The minimum Gasteiger partial charge on any atom is -0.356 e. The molecule has 4 N–H and O–H groups in total. The summed E-state index contributed by atoms with van der Waals surface area (Å²) >= 11 is 0. The zero-order valence-corrected chi connectivity index (χ0v) is 11.2. The van der Waals surface area contributed by atoms with Gasteiger partial charge in [-0.3, -0.25) is 9.59 Å². The van der Waals surface area contributed by atoms with Crippen molar-refractivity contribution in [1.29, 1.82) is 0 Å². The van der Waals surface area contributed by atoms with E-state index < -0.39 is 0 Å². The Morgan fingerprint density at radius 1 is 1.21 bits per heavy atom. The molecular weight excluding hydrogens is 242 g/mol. The lowest BCUT2D eigenvalue weighted by molar-refractivity contribution is -0.120. The van der Waals surface area contributed by atoms with E-state index in [0.29, 0.717) is 38.0 Å². The highest BCUT2D eigenvalue weighted by Crippen LogP contribution is 2.08. The first-order valence-corrected chi connectivity index (χ1v) is 6.52. The minimum absolute atomic E-state index is 0.0574. The van der Waals surface area contributed by atoms with E-state index in [1.165, 1.54) is 0 Å². The van der Waals surface area contributed by atoms with E-state index in [1.54, 1.807) is 6.07 Å². The maximum atomic E-state index is 12.0. The average Bonchev–Trinajstić information content (AvgIpc) is 2.40. The third-order valence-corrected chi connectivity index (χ3v) is 2.69. The number of carbonyl (C=O) groups is 2. The lowest BCUT2D eigenvalue weighted by Gasteiger charge is -2.09. The number of hydrogen-bond donors (Lipinski definition) is 3. The van der Waals surface area contributed by atoms with Crippen LogP contribution in [-0.2, 0) is 11.2 Å². The number of carbonyl (C=O) groups excluding carboxylic acids is 2. The topological polar surface area (TPSA) is 84.2 Å². The summed E-state index contributed by atoms with van der Waals surface area (Å²) in [5.41, 5.74) is 7.08. The van der Waals surface area contributed by atoms with Gasteiger partial charge in [0.1, 0.15) is 0 Å². The molecule has 0 spiro atoms. The van der Waals surface area contributed by atoms with Crippen LogP contribution in [0.5, 0.6) is 0 Å². The fourth-order valence-corrected chi connectivity index (χ4v) is 1.79. The molecule has 1 aromatic carbocycles. The Labute approximate surface area is 113 Å². The van der Waals surface area contributed by atoms with Gasteiger partial charge in [0.2, 0.25) is 5.91 Å². The molecule has 0 aliphatic carbocycles. The zero-order chi connectivity index (χ0) is 14.1. The maximum absolute atomic E-state index is 12.0.